The van der Waals surface area contributed by atoms with Crippen molar-refractivity contribution in [3.8, 4) is 61.4 Å². The maximum absolute atomic E-state index is 18.0. The fraction of sp³-hybridized carbons (Fsp3) is 0.0877. The van der Waals surface area contributed by atoms with Gasteiger partial charge in [-0.3, -0.25) is 0 Å². The lowest BCUT2D eigenvalue weighted by molar-refractivity contribution is -0.144. The van der Waals surface area contributed by atoms with Crippen LogP contribution in [-0.4, -0.2) is 7.11 Å². The highest BCUT2D eigenvalue weighted by Crippen LogP contribution is 2.59. The second kappa shape index (κ2) is 18.6. The highest BCUT2D eigenvalue weighted by Gasteiger charge is 2.47. The predicted molar refractivity (Wildman–Crippen MR) is 257 cm³/mol. The first-order valence-corrected chi connectivity index (χ1v) is 23.5. The van der Waals surface area contributed by atoms with E-state index in [1.807, 2.05) is 0 Å². The van der Waals surface area contributed by atoms with Crippen LogP contribution in [0.1, 0.15) is 22.3 Å². The van der Waals surface area contributed by atoms with Crippen LogP contribution in [0.25, 0.3) is 66.4 Å². The van der Waals surface area contributed by atoms with Crippen LogP contribution in [0.4, 0.5) is 52.7 Å². The molecule has 9 aromatic rings. The highest BCUT2D eigenvalue weighted by atomic mass is 31.2. The maximum Gasteiger partial charge on any atom is 0.416 e. The van der Waals surface area contributed by atoms with E-state index in [1.54, 1.807) is 127 Å². The zero-order valence-corrected chi connectivity index (χ0v) is 38.2. The third-order valence-corrected chi connectivity index (χ3v) is 15.3. The number of hydrogen-bond donors (Lipinski definition) is 0. The van der Waals surface area contributed by atoms with Crippen molar-refractivity contribution >= 4 is 33.8 Å². The van der Waals surface area contributed by atoms with Gasteiger partial charge in [-0.15, -0.1) is 0 Å². The van der Waals surface area contributed by atoms with Gasteiger partial charge in [-0.25, -0.2) is 0 Å². The molecule has 0 bridgehead atoms. The number of hydrogen-bond acceptors (Lipinski definition) is 2. The van der Waals surface area contributed by atoms with E-state index in [4.69, 9.17) is 4.74 Å². The van der Waals surface area contributed by atoms with Gasteiger partial charge < -0.3 is 9.30 Å². The van der Waals surface area contributed by atoms with Gasteiger partial charge in [0.05, 0.1) is 29.4 Å². The van der Waals surface area contributed by atoms with Crippen molar-refractivity contribution in [2.45, 2.75) is 24.7 Å². The van der Waals surface area contributed by atoms with E-state index >= 15 is 57.3 Å². The molecule has 0 saturated heterocycles. The number of methoxy groups -OCH3 is 1. The first-order chi connectivity index (χ1) is 34.1. The first-order valence-electron chi connectivity index (χ1n) is 21.8. The minimum atomic E-state index is -6.14. The van der Waals surface area contributed by atoms with Crippen LogP contribution < -0.4 is 20.7 Å². The van der Waals surface area contributed by atoms with Crippen LogP contribution in [0.3, 0.4) is 0 Å². The van der Waals surface area contributed by atoms with E-state index in [0.29, 0.717) is 33.0 Å². The Balaban J connectivity index is 1.73. The minimum absolute atomic E-state index is 0.00999. The molecule has 72 heavy (non-hydrogen) atoms. The third-order valence-electron chi connectivity index (χ3n) is 12.3. The van der Waals surface area contributed by atoms with Crippen molar-refractivity contribution in [2.75, 3.05) is 7.11 Å². The Morgan fingerprint density at radius 3 is 1.03 bits per heavy atom. The molecule has 0 atom stereocenters. The van der Waals surface area contributed by atoms with Gasteiger partial charge in [0, 0.05) is 32.6 Å². The Kier molecular flexibility index (Phi) is 12.7. The molecule has 9 aromatic carbocycles. The zero-order valence-electron chi connectivity index (χ0n) is 37.3. The molecule has 0 aliphatic carbocycles. The second-order valence-corrected chi connectivity index (χ2v) is 19.4. The summed E-state index contributed by atoms with van der Waals surface area (Å²) in [4.78, 5) is 0. The summed E-state index contributed by atoms with van der Waals surface area (Å²) in [6.45, 7) is 0. The van der Waals surface area contributed by atoms with Crippen LogP contribution in [0.5, 0.6) is 5.75 Å². The Morgan fingerprint density at radius 2 is 0.667 bits per heavy atom. The van der Waals surface area contributed by atoms with Gasteiger partial charge in [0.2, 0.25) is 0 Å². The molecular weight excluding hydrogens is 976 g/mol. The highest BCUT2D eigenvalue weighted by molar-refractivity contribution is 7.85. The van der Waals surface area contributed by atoms with Crippen molar-refractivity contribution in [3.05, 3.63) is 216 Å². The molecule has 0 amide bonds. The average molecular weight is 1010 g/mol. The number of halogens is 12. The molecule has 0 aromatic heterocycles. The molecular formula is C57H35F12O2P. The number of ether oxygens (including phenoxy) is 1. The number of alkyl halides is 12. The third kappa shape index (κ3) is 9.15. The van der Waals surface area contributed by atoms with Gasteiger partial charge in [0.15, 0.2) is 7.14 Å². The summed E-state index contributed by atoms with van der Waals surface area (Å²) < 4.78 is 206. The molecule has 0 aliphatic heterocycles. The minimum Gasteiger partial charge on any atom is -0.496 e. The van der Waals surface area contributed by atoms with Crippen LogP contribution in [0.2, 0.25) is 0 Å². The van der Waals surface area contributed by atoms with Crippen molar-refractivity contribution in [2.24, 2.45) is 0 Å². The summed E-state index contributed by atoms with van der Waals surface area (Å²) in [6.07, 6.45) is -22.5. The lowest BCUT2D eigenvalue weighted by Gasteiger charge is -2.34. The summed E-state index contributed by atoms with van der Waals surface area (Å²) >= 11 is 0. The molecule has 9 rings (SSSR count). The molecule has 15 heteroatoms. The molecule has 0 aliphatic rings. The molecule has 2 nitrogen and oxygen atoms in total. The van der Waals surface area contributed by atoms with Crippen LogP contribution >= 0.6 is 7.14 Å². The summed E-state index contributed by atoms with van der Waals surface area (Å²) in [5.41, 5.74) is -6.73. The van der Waals surface area contributed by atoms with Gasteiger partial charge in [-0.05, 0) is 92.2 Å². The van der Waals surface area contributed by atoms with E-state index in [-0.39, 0.29) is 75.5 Å². The predicted octanol–water partition coefficient (Wildman–Crippen LogP) is 16.9. The molecule has 0 saturated carbocycles. The fourth-order valence-electron chi connectivity index (χ4n) is 9.19. The Morgan fingerprint density at radius 1 is 0.347 bits per heavy atom. The SMILES string of the molecule is COc1ccc2ccccc2c1-c1c(-c2ccccc2)c(-c2ccccc2)c(-c2ccccc2)c(-c2ccccc2)c1P(=O)(c1cc(C(F)(F)F)cc(C(F)(F)F)c1)c1cc(C(F)(F)F)cc(C(F)(F)F)c1. The topological polar surface area (TPSA) is 26.3 Å². The van der Waals surface area contributed by atoms with E-state index in [1.165, 1.54) is 37.4 Å². The Hall–Kier alpha value is -7.57. The van der Waals surface area contributed by atoms with E-state index in [9.17, 15) is 0 Å². The quantitative estimate of drug-likeness (QED) is 0.106. The smallest absolute Gasteiger partial charge is 0.416 e. The van der Waals surface area contributed by atoms with Gasteiger partial charge in [-0.1, -0.05) is 152 Å². The zero-order chi connectivity index (χ0) is 51.4. The number of benzene rings is 9. The van der Waals surface area contributed by atoms with Gasteiger partial charge >= 0.3 is 24.7 Å². The lowest BCUT2D eigenvalue weighted by atomic mass is 9.78. The largest absolute Gasteiger partial charge is 0.496 e. The second-order valence-electron chi connectivity index (χ2n) is 16.7. The first kappa shape index (κ1) is 49.4. The number of rotatable bonds is 9. The maximum atomic E-state index is 18.0. The van der Waals surface area contributed by atoms with E-state index in [0.717, 1.165) is 0 Å². The van der Waals surface area contributed by atoms with E-state index in [2.05, 4.69) is 0 Å². The average Bonchev–Trinajstić information content (AvgIpc) is 3.37. The number of fused-ring (bicyclic) bond motifs is 1. The molecule has 0 unspecified atom stereocenters. The summed E-state index contributed by atoms with van der Waals surface area (Å²) in [5, 5.41) is -2.63. The fourth-order valence-corrected chi connectivity index (χ4v) is 12.4. The molecule has 0 N–H and O–H groups in total. The monoisotopic (exact) mass is 1010 g/mol. The van der Waals surface area contributed by atoms with Crippen molar-refractivity contribution in [3.63, 3.8) is 0 Å². The lowest BCUT2D eigenvalue weighted by Crippen LogP contribution is -2.32. The molecule has 0 heterocycles. The van der Waals surface area contributed by atoms with Crippen LogP contribution in [-0.2, 0) is 29.3 Å². The van der Waals surface area contributed by atoms with Gasteiger partial charge in [0.25, 0.3) is 0 Å². The Bertz CT molecular complexity index is 3370. The Labute approximate surface area is 404 Å². The van der Waals surface area contributed by atoms with Gasteiger partial charge in [-0.2, -0.15) is 52.7 Å². The normalized spacial score (nSPS) is 12.6. The molecule has 364 valence electrons. The van der Waals surface area contributed by atoms with Crippen molar-refractivity contribution in [1.29, 1.82) is 0 Å². The van der Waals surface area contributed by atoms with Crippen molar-refractivity contribution in [1.82, 2.24) is 0 Å². The molecule has 0 fully saturated rings. The van der Waals surface area contributed by atoms with Crippen LogP contribution in [0.15, 0.2) is 194 Å². The van der Waals surface area contributed by atoms with Crippen LogP contribution in [0, 0.1) is 0 Å². The van der Waals surface area contributed by atoms with Crippen molar-refractivity contribution < 1.29 is 62.0 Å². The summed E-state index contributed by atoms with van der Waals surface area (Å²) in [7, 11) is -4.87. The summed E-state index contributed by atoms with van der Waals surface area (Å²) in [5.74, 6) is -0.00999. The molecule has 0 spiro atoms. The van der Waals surface area contributed by atoms with Gasteiger partial charge in [0.1, 0.15) is 5.75 Å². The standard InChI is InChI=1S/C57H35F12O2P/c1-71-46-27-26-34-16-14-15-25-45(34)51(46)52-49(37-21-10-4-11-22-37)47(35-17-6-2-7-18-35)48(36-19-8-3-9-20-36)50(38-23-12-5-13-24-38)53(52)72(70,43-30-39(54(58,59)60)28-40(31-43)55(61,62)63)44-32-41(56(64,65)66)29-42(33-44)57(67,68)69/h2-33H,1H3. The van der Waals surface area contributed by atoms with E-state index < -0.39 is 70.0 Å². The molecule has 0 radical (unpaired) electrons. The summed E-state index contributed by atoms with van der Waals surface area (Å²) in [6, 6.07) is 42.3.